The molecule has 124 valence electrons. The summed E-state index contributed by atoms with van der Waals surface area (Å²) < 4.78 is 0. The highest BCUT2D eigenvalue weighted by molar-refractivity contribution is 6.36. The van der Waals surface area contributed by atoms with Gasteiger partial charge in [0.05, 0.1) is 11.2 Å². The average molecular weight is 366 g/mol. The lowest BCUT2D eigenvalue weighted by Crippen LogP contribution is -2.18. The van der Waals surface area contributed by atoms with Crippen LogP contribution in [0, 0.1) is 0 Å². The molecule has 2 aromatic carbocycles. The lowest BCUT2D eigenvalue weighted by molar-refractivity contribution is -0.114. The predicted octanol–water partition coefficient (Wildman–Crippen LogP) is 3.42. The van der Waals surface area contributed by atoms with Gasteiger partial charge in [0, 0.05) is 28.8 Å². The van der Waals surface area contributed by atoms with E-state index in [1.54, 1.807) is 18.2 Å². The van der Waals surface area contributed by atoms with Gasteiger partial charge in [0.2, 0.25) is 5.91 Å². The van der Waals surface area contributed by atoms with Crippen LogP contribution in [0.3, 0.4) is 0 Å². The van der Waals surface area contributed by atoms with Gasteiger partial charge in [-0.05, 0) is 30.3 Å². The zero-order valence-electron chi connectivity index (χ0n) is 12.5. The first kappa shape index (κ1) is 17.8. The van der Waals surface area contributed by atoms with E-state index >= 15 is 0 Å². The minimum atomic E-state index is -0.480. The Labute approximate surface area is 148 Å². The highest BCUT2D eigenvalue weighted by Crippen LogP contribution is 2.29. The molecule has 0 radical (unpaired) electrons. The van der Waals surface area contributed by atoms with Crippen LogP contribution in [-0.2, 0) is 4.79 Å². The maximum absolute atomic E-state index is 12.0. The van der Waals surface area contributed by atoms with Crippen molar-refractivity contribution < 1.29 is 14.7 Å². The van der Waals surface area contributed by atoms with Gasteiger partial charge in [-0.15, -0.1) is 0 Å². The fourth-order valence-corrected chi connectivity index (χ4v) is 2.36. The monoisotopic (exact) mass is 365 g/mol. The van der Waals surface area contributed by atoms with E-state index < -0.39 is 5.91 Å². The molecule has 0 saturated carbocycles. The number of halogens is 2. The quantitative estimate of drug-likeness (QED) is 0.572. The van der Waals surface area contributed by atoms with E-state index in [1.807, 2.05) is 0 Å². The normalized spacial score (nSPS) is 10.6. The lowest BCUT2D eigenvalue weighted by atomic mass is 10.2. The molecule has 2 amide bonds. The first-order chi connectivity index (χ1) is 11.4. The summed E-state index contributed by atoms with van der Waals surface area (Å²) in [4.78, 5) is 23.1. The largest absolute Gasteiger partial charge is 0.506 e. The van der Waals surface area contributed by atoms with Crippen molar-refractivity contribution in [2.75, 3.05) is 5.32 Å². The summed E-state index contributed by atoms with van der Waals surface area (Å²) in [6.07, 6.45) is 1.22. The van der Waals surface area contributed by atoms with Gasteiger partial charge in [-0.3, -0.25) is 9.59 Å². The zero-order valence-corrected chi connectivity index (χ0v) is 14.0. The highest BCUT2D eigenvalue weighted by atomic mass is 35.5. The topological polar surface area (TPSA) is 90.8 Å². The Morgan fingerprint density at radius 1 is 1.21 bits per heavy atom. The molecule has 0 aromatic heterocycles. The van der Waals surface area contributed by atoms with E-state index in [4.69, 9.17) is 23.2 Å². The third-order valence-electron chi connectivity index (χ3n) is 2.87. The highest BCUT2D eigenvalue weighted by Gasteiger charge is 2.08. The molecule has 0 heterocycles. The second-order valence-corrected chi connectivity index (χ2v) is 5.63. The van der Waals surface area contributed by atoms with Gasteiger partial charge >= 0.3 is 0 Å². The number of hydrogen-bond donors (Lipinski definition) is 3. The Morgan fingerprint density at radius 2 is 1.96 bits per heavy atom. The first-order valence-corrected chi connectivity index (χ1v) is 7.51. The van der Waals surface area contributed by atoms with E-state index in [9.17, 15) is 14.7 Å². The van der Waals surface area contributed by atoms with Crippen molar-refractivity contribution in [2.24, 2.45) is 5.10 Å². The SMILES string of the molecule is CC(=O)Nc1cccc(C(=O)N/N=C/c2cc(Cl)cc(Cl)c2O)c1. The third kappa shape index (κ3) is 4.71. The van der Waals surface area contributed by atoms with Gasteiger partial charge in [-0.25, -0.2) is 5.43 Å². The number of phenolic OH excluding ortho intramolecular Hbond substituents is 1. The summed E-state index contributed by atoms with van der Waals surface area (Å²) in [5.74, 6) is -0.906. The van der Waals surface area contributed by atoms with Gasteiger partial charge < -0.3 is 10.4 Å². The molecule has 3 N–H and O–H groups in total. The van der Waals surface area contributed by atoms with Gasteiger partial charge in [0.15, 0.2) is 0 Å². The van der Waals surface area contributed by atoms with Crippen LogP contribution in [-0.4, -0.2) is 23.1 Å². The van der Waals surface area contributed by atoms with Gasteiger partial charge in [0.25, 0.3) is 5.91 Å². The maximum atomic E-state index is 12.0. The molecule has 2 aromatic rings. The summed E-state index contributed by atoms with van der Waals surface area (Å²) in [5, 5.41) is 16.5. The lowest BCUT2D eigenvalue weighted by Gasteiger charge is -2.05. The van der Waals surface area contributed by atoms with Crippen LogP contribution in [0.5, 0.6) is 5.75 Å². The molecule has 0 saturated heterocycles. The number of carbonyl (C=O) groups excluding carboxylic acids is 2. The number of rotatable bonds is 4. The molecule has 0 aliphatic carbocycles. The van der Waals surface area contributed by atoms with Crippen molar-refractivity contribution in [3.05, 3.63) is 57.6 Å². The van der Waals surface area contributed by atoms with Crippen LogP contribution >= 0.6 is 23.2 Å². The van der Waals surface area contributed by atoms with Gasteiger partial charge in [-0.2, -0.15) is 5.10 Å². The molecular weight excluding hydrogens is 353 g/mol. The molecule has 0 bridgehead atoms. The van der Waals surface area contributed by atoms with E-state index in [0.29, 0.717) is 16.3 Å². The number of aromatic hydroxyl groups is 1. The molecule has 0 aliphatic rings. The fraction of sp³-hybridized carbons (Fsp3) is 0.0625. The molecule has 0 atom stereocenters. The first-order valence-electron chi connectivity index (χ1n) is 6.76. The van der Waals surface area contributed by atoms with Gasteiger partial charge in [0.1, 0.15) is 5.75 Å². The van der Waals surface area contributed by atoms with Crippen LogP contribution < -0.4 is 10.7 Å². The molecule has 0 unspecified atom stereocenters. The van der Waals surface area contributed by atoms with E-state index in [2.05, 4.69) is 15.8 Å². The molecule has 2 rings (SSSR count). The number of nitrogens with one attached hydrogen (secondary N) is 2. The zero-order chi connectivity index (χ0) is 17.7. The number of nitrogens with zero attached hydrogens (tertiary/aromatic N) is 1. The van der Waals surface area contributed by atoms with Crippen molar-refractivity contribution in [1.29, 1.82) is 0 Å². The Hall–Kier alpha value is -2.57. The van der Waals surface area contributed by atoms with E-state index in [0.717, 1.165) is 0 Å². The maximum Gasteiger partial charge on any atom is 0.271 e. The van der Waals surface area contributed by atoms with Crippen molar-refractivity contribution in [2.45, 2.75) is 6.92 Å². The fourth-order valence-electron chi connectivity index (χ4n) is 1.85. The molecule has 0 aliphatic heterocycles. The number of amides is 2. The Bertz CT molecular complexity index is 822. The standard InChI is InChI=1S/C16H13Cl2N3O3/c1-9(22)20-13-4-2-3-10(6-13)16(24)21-19-8-11-5-12(17)7-14(18)15(11)23/h2-8,23H,1H3,(H,20,22)(H,21,24)/b19-8+. The number of hydrogen-bond acceptors (Lipinski definition) is 4. The minimum Gasteiger partial charge on any atom is -0.506 e. The smallest absolute Gasteiger partial charge is 0.271 e. The molecular formula is C16H13Cl2N3O3. The average Bonchev–Trinajstić information content (AvgIpc) is 2.51. The Balaban J connectivity index is 2.09. The number of benzene rings is 2. The van der Waals surface area contributed by atoms with Crippen LogP contribution in [0.15, 0.2) is 41.5 Å². The van der Waals surface area contributed by atoms with Crippen molar-refractivity contribution in [1.82, 2.24) is 5.43 Å². The van der Waals surface area contributed by atoms with Crippen molar-refractivity contribution in [3.8, 4) is 5.75 Å². The molecule has 0 spiro atoms. The minimum absolute atomic E-state index is 0.0817. The second-order valence-electron chi connectivity index (χ2n) is 4.79. The molecule has 0 fully saturated rings. The van der Waals surface area contributed by atoms with Gasteiger partial charge in [-0.1, -0.05) is 29.3 Å². The van der Waals surface area contributed by atoms with E-state index in [-0.39, 0.29) is 22.2 Å². The number of hydrazone groups is 1. The summed E-state index contributed by atoms with van der Waals surface area (Å²) >= 11 is 11.6. The summed E-state index contributed by atoms with van der Waals surface area (Å²) in [6, 6.07) is 9.22. The molecule has 6 nitrogen and oxygen atoms in total. The number of anilines is 1. The Morgan fingerprint density at radius 3 is 2.67 bits per heavy atom. The van der Waals surface area contributed by atoms with Crippen molar-refractivity contribution >= 4 is 46.9 Å². The predicted molar refractivity (Wildman–Crippen MR) is 93.9 cm³/mol. The second kappa shape index (κ2) is 7.81. The number of phenols is 1. The van der Waals surface area contributed by atoms with E-state index in [1.165, 1.54) is 31.3 Å². The van der Waals surface area contributed by atoms with Crippen LogP contribution in [0.1, 0.15) is 22.8 Å². The van der Waals surface area contributed by atoms with Crippen molar-refractivity contribution in [3.63, 3.8) is 0 Å². The summed E-state index contributed by atoms with van der Waals surface area (Å²) in [7, 11) is 0. The number of carbonyl (C=O) groups is 2. The van der Waals surface area contributed by atoms with Crippen LogP contribution in [0.25, 0.3) is 0 Å². The summed E-state index contributed by atoms with van der Waals surface area (Å²) in [6.45, 7) is 1.37. The van der Waals surface area contributed by atoms with Crippen LogP contribution in [0.4, 0.5) is 5.69 Å². The summed E-state index contributed by atoms with van der Waals surface area (Å²) in [5.41, 5.74) is 3.39. The molecule has 24 heavy (non-hydrogen) atoms. The van der Waals surface area contributed by atoms with Crippen LogP contribution in [0.2, 0.25) is 10.0 Å². The third-order valence-corrected chi connectivity index (χ3v) is 3.38. The molecule has 8 heteroatoms. The Kier molecular flexibility index (Phi) is 5.78.